The molecule has 0 radical (unpaired) electrons. The van der Waals surface area contributed by atoms with Crippen LogP contribution in [0.1, 0.15) is 69.7 Å². The number of nitrogens with zero attached hydrogens (tertiary/aromatic N) is 5. The molecule has 4 atom stereocenters. The number of amides is 4. The van der Waals surface area contributed by atoms with E-state index < -0.39 is 18.1 Å². The number of rotatable bonds is 7. The first-order chi connectivity index (χ1) is 23.5. The van der Waals surface area contributed by atoms with Crippen molar-refractivity contribution in [3.63, 3.8) is 0 Å². The summed E-state index contributed by atoms with van der Waals surface area (Å²) in [7, 11) is 5.04. The van der Waals surface area contributed by atoms with Gasteiger partial charge in [-0.3, -0.25) is 24.1 Å². The van der Waals surface area contributed by atoms with Gasteiger partial charge in [0.1, 0.15) is 24.5 Å². The van der Waals surface area contributed by atoms with Crippen LogP contribution < -0.4 is 25.4 Å². The molecule has 0 bridgehead atoms. The topological polar surface area (TPSA) is 169 Å². The molecule has 0 aliphatic carbocycles. The second-order valence-electron chi connectivity index (χ2n) is 12.8. The van der Waals surface area contributed by atoms with Gasteiger partial charge in [-0.15, -0.1) is 0 Å². The van der Waals surface area contributed by atoms with Crippen molar-refractivity contribution in [3.8, 4) is 11.5 Å². The van der Waals surface area contributed by atoms with Gasteiger partial charge in [-0.2, -0.15) is 5.10 Å². The number of benzene rings is 1. The van der Waals surface area contributed by atoms with Crippen LogP contribution in [0.2, 0.25) is 0 Å². The van der Waals surface area contributed by atoms with Crippen LogP contribution in [-0.2, 0) is 36.9 Å². The van der Waals surface area contributed by atoms with Gasteiger partial charge in [-0.05, 0) is 50.4 Å². The molecular formula is C34H52N8O7. The van der Waals surface area contributed by atoms with E-state index in [9.17, 15) is 19.2 Å². The number of morpholine rings is 1. The molecule has 2 aliphatic rings. The van der Waals surface area contributed by atoms with E-state index in [1.165, 1.54) is 4.68 Å². The molecule has 1 aromatic carbocycles. The highest BCUT2D eigenvalue weighted by Gasteiger charge is 2.32. The van der Waals surface area contributed by atoms with Gasteiger partial charge < -0.3 is 35.1 Å². The quantitative estimate of drug-likeness (QED) is 0.384. The summed E-state index contributed by atoms with van der Waals surface area (Å²) in [5.74, 6) is 0.937. The molecule has 3 N–H and O–H groups in total. The lowest BCUT2D eigenvalue weighted by atomic mass is 9.97. The molecule has 2 aliphatic heterocycles. The van der Waals surface area contributed by atoms with Crippen LogP contribution in [0, 0.1) is 5.92 Å². The molecule has 270 valence electrons. The number of nitrogens with one attached hydrogen (secondary N) is 3. The largest absolute Gasteiger partial charge is 0.493 e. The molecule has 15 nitrogen and oxygen atoms in total. The van der Waals surface area contributed by atoms with E-state index in [4.69, 9.17) is 19.2 Å². The Bertz CT molecular complexity index is 1450. The fraction of sp³-hybridized carbons (Fsp3) is 0.647. The highest BCUT2D eigenvalue weighted by molar-refractivity contribution is 5.88. The Morgan fingerprint density at radius 1 is 1.06 bits per heavy atom. The van der Waals surface area contributed by atoms with Crippen LogP contribution in [0.4, 0.5) is 0 Å². The maximum atomic E-state index is 13.7. The van der Waals surface area contributed by atoms with Gasteiger partial charge in [0.2, 0.25) is 23.6 Å². The number of aromatic nitrogens is 3. The number of carbonyl (C=O) groups is 4. The molecular weight excluding hydrogens is 632 g/mol. The first-order valence-corrected chi connectivity index (χ1v) is 17.1. The molecule has 15 heteroatoms. The Morgan fingerprint density at radius 3 is 2.53 bits per heavy atom. The minimum Gasteiger partial charge on any atom is -0.493 e. The number of fused-ring (bicyclic) bond motifs is 1. The van der Waals surface area contributed by atoms with Crippen LogP contribution in [0.3, 0.4) is 0 Å². The van der Waals surface area contributed by atoms with Crippen LogP contribution in [0.5, 0.6) is 11.5 Å². The molecule has 4 rings (SSSR count). The standard InChI is InChI=1S/C34H52N8O7/c1-7-22(2)31-33(45)36-23(3)32-37-28(19-24-11-12-26(47-5)27(18-24)48-6)39-42(32)20-30(44)35-13-9-15-41(14-8-10-29(43)38-31)34(46)25-21-49-17-16-40(25)4/h11-12,18,22-23,25,31H,7-10,13-17,19-21H2,1-6H3,(H,35,44)(H,36,45)(H,38,43)/t22-,23+,25+,31-/m0/s1. The summed E-state index contributed by atoms with van der Waals surface area (Å²) in [6, 6.07) is 3.73. The fourth-order valence-corrected chi connectivity index (χ4v) is 6.01. The van der Waals surface area contributed by atoms with Crippen molar-refractivity contribution in [2.75, 3.05) is 60.7 Å². The van der Waals surface area contributed by atoms with E-state index in [1.54, 1.807) is 32.1 Å². The zero-order valence-corrected chi connectivity index (χ0v) is 29.6. The molecule has 0 unspecified atom stereocenters. The lowest BCUT2D eigenvalue weighted by Gasteiger charge is -2.35. The highest BCUT2D eigenvalue weighted by atomic mass is 16.5. The summed E-state index contributed by atoms with van der Waals surface area (Å²) >= 11 is 0. The first-order valence-electron chi connectivity index (χ1n) is 17.1. The van der Waals surface area contributed by atoms with E-state index in [2.05, 4.69) is 21.0 Å². The van der Waals surface area contributed by atoms with E-state index in [-0.39, 0.29) is 42.5 Å². The molecule has 0 saturated carbocycles. The van der Waals surface area contributed by atoms with Gasteiger partial charge in [0.25, 0.3) is 0 Å². The summed E-state index contributed by atoms with van der Waals surface area (Å²) in [6.45, 7) is 8.19. The summed E-state index contributed by atoms with van der Waals surface area (Å²) in [5.41, 5.74) is 0.873. The number of likely N-dealkylation sites (N-methyl/N-ethyl adjacent to an activating group) is 1. The Labute approximate surface area is 288 Å². The number of methoxy groups -OCH3 is 2. The van der Waals surface area contributed by atoms with Gasteiger partial charge in [0.05, 0.1) is 33.5 Å². The Morgan fingerprint density at radius 2 is 1.82 bits per heavy atom. The predicted octanol–water partition coefficient (Wildman–Crippen LogP) is 1.05. The van der Waals surface area contributed by atoms with Crippen LogP contribution >= 0.6 is 0 Å². The van der Waals surface area contributed by atoms with Crippen molar-refractivity contribution < 1.29 is 33.4 Å². The lowest BCUT2D eigenvalue weighted by molar-refractivity contribution is -0.142. The number of carbonyl (C=O) groups excluding carboxylic acids is 4. The zero-order valence-electron chi connectivity index (χ0n) is 29.6. The third-order valence-corrected chi connectivity index (χ3v) is 9.16. The van der Waals surface area contributed by atoms with Crippen molar-refractivity contribution in [2.24, 2.45) is 5.92 Å². The van der Waals surface area contributed by atoms with Gasteiger partial charge in [0.15, 0.2) is 17.3 Å². The van der Waals surface area contributed by atoms with Gasteiger partial charge in [-0.1, -0.05) is 26.3 Å². The maximum absolute atomic E-state index is 13.7. The number of ether oxygens (including phenoxy) is 3. The van der Waals surface area contributed by atoms with E-state index in [0.29, 0.717) is 88.2 Å². The Kier molecular flexibility index (Phi) is 13.8. The average Bonchev–Trinajstić information content (AvgIpc) is 3.48. The summed E-state index contributed by atoms with van der Waals surface area (Å²) in [6.07, 6.45) is 2.12. The minimum atomic E-state index is -0.782. The second kappa shape index (κ2) is 18.0. The second-order valence-corrected chi connectivity index (χ2v) is 12.8. The zero-order chi connectivity index (χ0) is 35.5. The van der Waals surface area contributed by atoms with E-state index in [1.807, 2.05) is 37.9 Å². The first kappa shape index (κ1) is 37.6. The van der Waals surface area contributed by atoms with Crippen LogP contribution in [0.25, 0.3) is 0 Å². The van der Waals surface area contributed by atoms with Crippen LogP contribution in [0.15, 0.2) is 18.2 Å². The van der Waals surface area contributed by atoms with E-state index in [0.717, 1.165) is 5.56 Å². The SMILES string of the molecule is CC[C@H](C)[C@@H]1NC(=O)CCCN(C(=O)[C@H]2COCCN2C)CCCNC(=O)Cn2nc(Cc3ccc(OC)c(OC)c3)nc2[C@@H](C)NC1=O. The molecule has 4 amide bonds. The molecule has 1 saturated heterocycles. The Balaban J connectivity index is 1.58. The van der Waals surface area contributed by atoms with Crippen LogP contribution in [-0.4, -0.2) is 121 Å². The van der Waals surface area contributed by atoms with Gasteiger partial charge in [-0.25, -0.2) is 9.67 Å². The van der Waals surface area contributed by atoms with Crippen molar-refractivity contribution in [3.05, 3.63) is 35.4 Å². The summed E-state index contributed by atoms with van der Waals surface area (Å²) in [4.78, 5) is 62.0. The minimum absolute atomic E-state index is 0.0662. The van der Waals surface area contributed by atoms with Crippen molar-refractivity contribution >= 4 is 23.6 Å². The summed E-state index contributed by atoms with van der Waals surface area (Å²) < 4.78 is 17.9. The average molecular weight is 685 g/mol. The van der Waals surface area contributed by atoms with Gasteiger partial charge in [0, 0.05) is 39.0 Å². The van der Waals surface area contributed by atoms with Crippen molar-refractivity contribution in [1.82, 2.24) is 40.5 Å². The molecule has 2 aromatic rings. The van der Waals surface area contributed by atoms with Crippen molar-refractivity contribution in [1.29, 1.82) is 0 Å². The van der Waals surface area contributed by atoms with Crippen molar-refractivity contribution in [2.45, 2.75) is 77.5 Å². The maximum Gasteiger partial charge on any atom is 0.243 e. The Hall–Kier alpha value is -4.24. The normalized spacial score (nSPS) is 22.9. The number of hydrogen-bond donors (Lipinski definition) is 3. The van der Waals surface area contributed by atoms with Gasteiger partial charge >= 0.3 is 0 Å². The molecule has 3 heterocycles. The lowest BCUT2D eigenvalue weighted by Crippen LogP contribution is -2.54. The summed E-state index contributed by atoms with van der Waals surface area (Å²) in [5, 5.41) is 13.5. The predicted molar refractivity (Wildman–Crippen MR) is 181 cm³/mol. The molecule has 1 fully saturated rings. The highest BCUT2D eigenvalue weighted by Crippen LogP contribution is 2.28. The molecule has 0 spiro atoms. The third kappa shape index (κ3) is 10.1. The smallest absolute Gasteiger partial charge is 0.243 e. The number of hydrogen-bond acceptors (Lipinski definition) is 10. The van der Waals surface area contributed by atoms with E-state index >= 15 is 0 Å². The molecule has 1 aromatic heterocycles. The fourth-order valence-electron chi connectivity index (χ4n) is 6.01. The molecule has 49 heavy (non-hydrogen) atoms. The third-order valence-electron chi connectivity index (χ3n) is 9.16. The monoisotopic (exact) mass is 684 g/mol.